The fourth-order valence-corrected chi connectivity index (χ4v) is 5.73. The molecule has 2 rings (SSSR count). The van der Waals surface area contributed by atoms with Crippen LogP contribution in [0, 0.1) is 11.3 Å². The molecule has 0 aromatic heterocycles. The summed E-state index contributed by atoms with van der Waals surface area (Å²) in [5.41, 5.74) is -0.0227. The maximum Gasteiger partial charge on any atom is 0.153 e. The minimum atomic E-state index is -2.92. The third-order valence-electron chi connectivity index (χ3n) is 4.79. The van der Waals surface area contributed by atoms with Crippen LogP contribution in [0.1, 0.15) is 46.5 Å². The number of fused-ring (bicyclic) bond motifs is 2. The minimum absolute atomic E-state index is 0.0227. The van der Waals surface area contributed by atoms with Gasteiger partial charge in [-0.2, -0.15) is 0 Å². The van der Waals surface area contributed by atoms with Crippen LogP contribution in [0.15, 0.2) is 0 Å². The monoisotopic (exact) mass is 259 g/mol. The summed E-state index contributed by atoms with van der Waals surface area (Å²) in [6.07, 6.45) is 4.07. The van der Waals surface area contributed by atoms with E-state index in [1.54, 1.807) is 0 Å². The Balaban J connectivity index is 2.15. The zero-order valence-corrected chi connectivity index (χ0v) is 12.0. The highest BCUT2D eigenvalue weighted by Gasteiger charge is 2.47. The second-order valence-electron chi connectivity index (χ2n) is 6.28. The van der Waals surface area contributed by atoms with Crippen molar-refractivity contribution >= 4 is 9.84 Å². The van der Waals surface area contributed by atoms with Gasteiger partial charge < -0.3 is 5.32 Å². The van der Waals surface area contributed by atoms with Crippen LogP contribution >= 0.6 is 0 Å². The first-order valence-electron chi connectivity index (χ1n) is 6.82. The lowest BCUT2D eigenvalue weighted by Gasteiger charge is -2.41. The van der Waals surface area contributed by atoms with Gasteiger partial charge in [-0.1, -0.05) is 13.8 Å². The lowest BCUT2D eigenvalue weighted by atomic mass is 9.69. The third kappa shape index (κ3) is 2.53. The average molecular weight is 259 g/mol. The fraction of sp³-hybridized carbons (Fsp3) is 1.00. The van der Waals surface area contributed by atoms with E-state index in [4.69, 9.17) is 0 Å². The van der Waals surface area contributed by atoms with Gasteiger partial charge in [-0.3, -0.25) is 0 Å². The lowest BCUT2D eigenvalue weighted by Crippen LogP contribution is -2.43. The van der Waals surface area contributed by atoms with Crippen LogP contribution in [-0.4, -0.2) is 32.0 Å². The number of hydrogen-bond donors (Lipinski definition) is 1. The average Bonchev–Trinajstić information content (AvgIpc) is 2.57. The molecule has 4 atom stereocenters. The summed E-state index contributed by atoms with van der Waals surface area (Å²) in [6, 6.07) is 0.554. The molecule has 2 aliphatic rings. The Morgan fingerprint density at radius 2 is 2.12 bits per heavy atom. The van der Waals surface area contributed by atoms with Crippen molar-refractivity contribution in [3.05, 3.63) is 0 Å². The topological polar surface area (TPSA) is 46.2 Å². The molecule has 0 spiro atoms. The van der Waals surface area contributed by atoms with Gasteiger partial charge in [-0.15, -0.1) is 0 Å². The molecule has 1 aliphatic carbocycles. The summed E-state index contributed by atoms with van der Waals surface area (Å²) in [7, 11) is -2.92. The normalized spacial score (nSPS) is 39.2. The van der Waals surface area contributed by atoms with Crippen molar-refractivity contribution in [2.24, 2.45) is 11.3 Å². The van der Waals surface area contributed by atoms with Crippen LogP contribution in [0.2, 0.25) is 0 Å². The Kier molecular flexibility index (Phi) is 3.56. The van der Waals surface area contributed by atoms with Crippen molar-refractivity contribution in [2.75, 3.05) is 12.3 Å². The van der Waals surface area contributed by atoms with Crippen molar-refractivity contribution in [2.45, 2.75) is 57.7 Å². The summed E-state index contributed by atoms with van der Waals surface area (Å²) in [5.74, 6) is 1.03. The van der Waals surface area contributed by atoms with E-state index >= 15 is 0 Å². The lowest BCUT2D eigenvalue weighted by molar-refractivity contribution is 0.174. The van der Waals surface area contributed by atoms with Gasteiger partial charge in [0.15, 0.2) is 9.84 Å². The van der Waals surface area contributed by atoms with Crippen molar-refractivity contribution in [1.29, 1.82) is 0 Å². The summed E-state index contributed by atoms with van der Waals surface area (Å²) in [6.45, 7) is 7.13. The van der Waals surface area contributed by atoms with Crippen LogP contribution in [0.5, 0.6) is 0 Å². The fourth-order valence-electron chi connectivity index (χ4n) is 3.75. The zero-order valence-electron chi connectivity index (χ0n) is 11.2. The third-order valence-corrected chi connectivity index (χ3v) is 7.41. The van der Waals surface area contributed by atoms with Crippen LogP contribution < -0.4 is 5.32 Å². The van der Waals surface area contributed by atoms with Gasteiger partial charge in [0.1, 0.15) is 0 Å². The molecular formula is C13H25NO2S. The molecule has 1 saturated carbocycles. The highest BCUT2D eigenvalue weighted by Crippen LogP contribution is 2.46. The maximum atomic E-state index is 12.2. The predicted molar refractivity (Wildman–Crippen MR) is 70.8 cm³/mol. The van der Waals surface area contributed by atoms with Crippen molar-refractivity contribution in [1.82, 2.24) is 5.32 Å². The van der Waals surface area contributed by atoms with E-state index in [0.29, 0.717) is 17.7 Å². The van der Waals surface area contributed by atoms with E-state index in [-0.39, 0.29) is 10.7 Å². The Morgan fingerprint density at radius 1 is 1.41 bits per heavy atom. The summed E-state index contributed by atoms with van der Waals surface area (Å²) >= 11 is 0. The molecule has 4 heteroatoms. The molecule has 100 valence electrons. The van der Waals surface area contributed by atoms with Gasteiger partial charge in [0, 0.05) is 6.04 Å². The Morgan fingerprint density at radius 3 is 2.71 bits per heavy atom. The number of hydrogen-bond acceptors (Lipinski definition) is 3. The van der Waals surface area contributed by atoms with E-state index in [1.807, 2.05) is 13.8 Å². The Labute approximate surface area is 105 Å². The summed E-state index contributed by atoms with van der Waals surface area (Å²) < 4.78 is 24.5. The first-order chi connectivity index (χ1) is 7.87. The zero-order chi connectivity index (χ0) is 12.7. The van der Waals surface area contributed by atoms with Crippen LogP contribution in [0.25, 0.3) is 0 Å². The summed E-state index contributed by atoms with van der Waals surface area (Å²) in [5, 5.41) is 3.32. The quantitative estimate of drug-likeness (QED) is 0.839. The Bertz CT molecular complexity index is 365. The molecule has 1 saturated heterocycles. The van der Waals surface area contributed by atoms with E-state index in [1.165, 1.54) is 6.42 Å². The molecule has 2 bridgehead atoms. The first kappa shape index (κ1) is 13.3. The molecule has 0 aromatic rings. The second kappa shape index (κ2) is 4.54. The van der Waals surface area contributed by atoms with Crippen molar-refractivity contribution in [3.8, 4) is 0 Å². The van der Waals surface area contributed by atoms with Gasteiger partial charge in [-0.05, 0) is 50.5 Å². The van der Waals surface area contributed by atoms with Crippen molar-refractivity contribution < 1.29 is 8.42 Å². The van der Waals surface area contributed by atoms with E-state index in [0.717, 1.165) is 25.8 Å². The largest absolute Gasteiger partial charge is 0.314 e. The molecule has 1 aliphatic heterocycles. The molecule has 1 N–H and O–H groups in total. The van der Waals surface area contributed by atoms with Crippen LogP contribution in [0.3, 0.4) is 0 Å². The first-order valence-corrected chi connectivity index (χ1v) is 8.54. The molecule has 0 amide bonds. The highest BCUT2D eigenvalue weighted by atomic mass is 32.2. The highest BCUT2D eigenvalue weighted by molar-refractivity contribution is 7.92. The van der Waals surface area contributed by atoms with Gasteiger partial charge in [-0.25, -0.2) is 8.42 Å². The molecule has 17 heavy (non-hydrogen) atoms. The Hall–Kier alpha value is -0.0900. The number of rotatable bonds is 4. The predicted octanol–water partition coefficient (Wildman–Crippen LogP) is 1.98. The summed E-state index contributed by atoms with van der Waals surface area (Å²) in [4.78, 5) is 0. The second-order valence-corrected chi connectivity index (χ2v) is 8.72. The van der Waals surface area contributed by atoms with Gasteiger partial charge in [0.05, 0.1) is 11.0 Å². The number of sulfone groups is 1. The van der Waals surface area contributed by atoms with Gasteiger partial charge >= 0.3 is 0 Å². The van der Waals surface area contributed by atoms with E-state index < -0.39 is 9.84 Å². The maximum absolute atomic E-state index is 12.2. The molecule has 3 nitrogen and oxygen atoms in total. The molecule has 0 radical (unpaired) electrons. The molecule has 2 fully saturated rings. The van der Waals surface area contributed by atoms with Crippen LogP contribution in [-0.2, 0) is 9.84 Å². The molecule has 0 aromatic carbocycles. The SMILES string of the molecule is CCCS(=O)(=O)C(C)C1(C)CC2CNC(C2)C1. The van der Waals surface area contributed by atoms with Crippen LogP contribution in [0.4, 0.5) is 0 Å². The molecular weight excluding hydrogens is 234 g/mol. The van der Waals surface area contributed by atoms with E-state index in [2.05, 4.69) is 12.2 Å². The molecule has 4 unspecified atom stereocenters. The van der Waals surface area contributed by atoms with E-state index in [9.17, 15) is 8.42 Å². The minimum Gasteiger partial charge on any atom is -0.314 e. The standard InChI is InChI=1S/C13H25NO2S/c1-4-5-17(15,16)10(2)13(3)7-11-6-12(8-13)14-9-11/h10-12,14H,4-9H2,1-3H3. The number of nitrogens with one attached hydrogen (secondary N) is 1. The smallest absolute Gasteiger partial charge is 0.153 e. The molecule has 1 heterocycles. The van der Waals surface area contributed by atoms with Gasteiger partial charge in [0.2, 0.25) is 0 Å². The van der Waals surface area contributed by atoms with Gasteiger partial charge in [0.25, 0.3) is 0 Å². The van der Waals surface area contributed by atoms with Crippen molar-refractivity contribution in [3.63, 3.8) is 0 Å².